The second-order valence-corrected chi connectivity index (χ2v) is 5.92. The van der Waals surface area contributed by atoms with Crippen LogP contribution >= 0.6 is 0 Å². The van der Waals surface area contributed by atoms with Crippen LogP contribution in [0.2, 0.25) is 0 Å². The van der Waals surface area contributed by atoms with Crippen LogP contribution in [0.5, 0.6) is 0 Å². The fourth-order valence-corrected chi connectivity index (χ4v) is 3.52. The molecule has 0 radical (unpaired) electrons. The summed E-state index contributed by atoms with van der Waals surface area (Å²) in [7, 11) is 0. The van der Waals surface area contributed by atoms with Gasteiger partial charge in [-0.3, -0.25) is 0 Å². The van der Waals surface area contributed by atoms with Crippen molar-refractivity contribution in [1.29, 1.82) is 0 Å². The molecule has 3 heterocycles. The smallest absolute Gasteiger partial charge is 0.376 e. The van der Waals surface area contributed by atoms with Gasteiger partial charge in [0.05, 0.1) is 12.1 Å². The van der Waals surface area contributed by atoms with Crippen LogP contribution in [-0.4, -0.2) is 44.9 Å². The molecule has 2 aliphatic rings. The maximum atomic E-state index is 13.2. The number of hydrogen-bond donors (Lipinski definition) is 0. The standard InChI is InChI=1S/C14H16F3N5O/c15-14(16,17)11-7-12(22-13(20-11)18-8-19-22)21-5-2-6-23-10-4-1-3-9(10)21/h7-10H,1-6H2/t9-,10+/m0/s1. The van der Waals surface area contributed by atoms with Gasteiger partial charge in [0.1, 0.15) is 12.1 Å². The third kappa shape index (κ3) is 2.52. The van der Waals surface area contributed by atoms with Gasteiger partial charge in [-0.05, 0) is 25.7 Å². The zero-order chi connectivity index (χ0) is 16.0. The van der Waals surface area contributed by atoms with Gasteiger partial charge in [-0.15, -0.1) is 0 Å². The number of halogens is 3. The Kier molecular flexibility index (Phi) is 3.40. The summed E-state index contributed by atoms with van der Waals surface area (Å²) in [4.78, 5) is 9.41. The van der Waals surface area contributed by atoms with Crippen molar-refractivity contribution in [1.82, 2.24) is 19.6 Å². The largest absolute Gasteiger partial charge is 0.433 e. The quantitative estimate of drug-likeness (QED) is 0.804. The second kappa shape index (κ2) is 5.33. The van der Waals surface area contributed by atoms with Gasteiger partial charge in [-0.25, -0.2) is 4.98 Å². The van der Waals surface area contributed by atoms with E-state index in [2.05, 4.69) is 15.1 Å². The Bertz CT molecular complexity index is 716. The number of hydrogen-bond acceptors (Lipinski definition) is 5. The summed E-state index contributed by atoms with van der Waals surface area (Å²) in [5, 5.41) is 4.06. The van der Waals surface area contributed by atoms with Crippen LogP contribution in [0.3, 0.4) is 0 Å². The van der Waals surface area contributed by atoms with Crippen molar-refractivity contribution in [3.8, 4) is 0 Å². The maximum absolute atomic E-state index is 13.2. The van der Waals surface area contributed by atoms with Gasteiger partial charge in [0.2, 0.25) is 0 Å². The Balaban J connectivity index is 1.84. The maximum Gasteiger partial charge on any atom is 0.433 e. The van der Waals surface area contributed by atoms with E-state index in [9.17, 15) is 13.2 Å². The molecule has 9 heteroatoms. The minimum Gasteiger partial charge on any atom is -0.376 e. The number of rotatable bonds is 1. The van der Waals surface area contributed by atoms with Crippen molar-refractivity contribution in [3.05, 3.63) is 18.1 Å². The van der Waals surface area contributed by atoms with Crippen LogP contribution in [0.4, 0.5) is 19.0 Å². The van der Waals surface area contributed by atoms with Crippen molar-refractivity contribution in [2.75, 3.05) is 18.1 Å². The van der Waals surface area contributed by atoms with Crippen LogP contribution < -0.4 is 4.90 Å². The topological polar surface area (TPSA) is 55.6 Å². The van der Waals surface area contributed by atoms with Crippen molar-refractivity contribution in [2.45, 2.75) is 44.0 Å². The molecule has 1 aliphatic carbocycles. The number of fused-ring (bicyclic) bond motifs is 2. The summed E-state index contributed by atoms with van der Waals surface area (Å²) in [5.74, 6) is 0.358. The highest BCUT2D eigenvalue weighted by Gasteiger charge is 2.38. The third-order valence-electron chi connectivity index (χ3n) is 4.51. The van der Waals surface area contributed by atoms with Gasteiger partial charge < -0.3 is 9.64 Å². The molecule has 2 atom stereocenters. The zero-order valence-electron chi connectivity index (χ0n) is 12.3. The average molecular weight is 327 g/mol. The number of nitrogens with zero attached hydrogens (tertiary/aromatic N) is 5. The number of alkyl halides is 3. The normalized spacial score (nSPS) is 25.6. The van der Waals surface area contributed by atoms with Crippen LogP contribution in [0.25, 0.3) is 5.78 Å². The Hall–Kier alpha value is -1.90. The van der Waals surface area contributed by atoms with Gasteiger partial charge in [-0.1, -0.05) is 0 Å². The molecule has 1 saturated carbocycles. The molecule has 0 aromatic carbocycles. The summed E-state index contributed by atoms with van der Waals surface area (Å²) in [5.41, 5.74) is -0.937. The van der Waals surface area contributed by atoms with Gasteiger partial charge >= 0.3 is 6.18 Å². The van der Waals surface area contributed by atoms with E-state index in [4.69, 9.17) is 4.74 Å². The fraction of sp³-hybridized carbons (Fsp3) is 0.643. The summed E-state index contributed by atoms with van der Waals surface area (Å²) in [6.45, 7) is 1.27. The summed E-state index contributed by atoms with van der Waals surface area (Å²) in [6, 6.07) is 1.15. The molecule has 0 unspecified atom stereocenters. The van der Waals surface area contributed by atoms with E-state index in [0.29, 0.717) is 19.0 Å². The van der Waals surface area contributed by atoms with Crippen molar-refractivity contribution in [2.24, 2.45) is 0 Å². The van der Waals surface area contributed by atoms with Crippen molar-refractivity contribution in [3.63, 3.8) is 0 Å². The lowest BCUT2D eigenvalue weighted by molar-refractivity contribution is -0.141. The molecule has 0 spiro atoms. The van der Waals surface area contributed by atoms with E-state index in [0.717, 1.165) is 31.7 Å². The van der Waals surface area contributed by atoms with Gasteiger partial charge in [0, 0.05) is 19.2 Å². The Morgan fingerprint density at radius 1 is 1.22 bits per heavy atom. The first-order chi connectivity index (χ1) is 11.0. The third-order valence-corrected chi connectivity index (χ3v) is 4.51. The van der Waals surface area contributed by atoms with E-state index < -0.39 is 11.9 Å². The van der Waals surface area contributed by atoms with E-state index in [1.165, 1.54) is 10.8 Å². The van der Waals surface area contributed by atoms with Crippen LogP contribution in [-0.2, 0) is 10.9 Å². The molecule has 1 saturated heterocycles. The number of ether oxygens (including phenoxy) is 1. The zero-order valence-corrected chi connectivity index (χ0v) is 12.3. The molecule has 0 N–H and O–H groups in total. The Morgan fingerprint density at radius 3 is 2.91 bits per heavy atom. The lowest BCUT2D eigenvalue weighted by Crippen LogP contribution is -2.41. The lowest BCUT2D eigenvalue weighted by Gasteiger charge is -2.32. The fourth-order valence-electron chi connectivity index (χ4n) is 3.52. The van der Waals surface area contributed by atoms with E-state index in [1.54, 1.807) is 0 Å². The lowest BCUT2D eigenvalue weighted by atomic mass is 10.1. The SMILES string of the molecule is FC(F)(F)c1cc(N2CCCO[C@@H]3CCC[C@@H]32)n2ncnc2n1. The summed E-state index contributed by atoms with van der Waals surface area (Å²) in [6.07, 6.45) is 0.421. The average Bonchev–Trinajstić information content (AvgIpc) is 3.11. The molecule has 0 bridgehead atoms. The number of anilines is 1. The first-order valence-electron chi connectivity index (χ1n) is 7.70. The molecular formula is C14H16F3N5O. The van der Waals surface area contributed by atoms with Crippen LogP contribution in [0.1, 0.15) is 31.4 Å². The van der Waals surface area contributed by atoms with Crippen molar-refractivity contribution < 1.29 is 17.9 Å². The van der Waals surface area contributed by atoms with E-state index >= 15 is 0 Å². The minimum atomic E-state index is -4.51. The number of aromatic nitrogens is 4. The minimum absolute atomic E-state index is 0.0328. The molecule has 124 valence electrons. The van der Waals surface area contributed by atoms with Gasteiger partial charge in [-0.2, -0.15) is 27.8 Å². The molecule has 23 heavy (non-hydrogen) atoms. The molecule has 6 nitrogen and oxygen atoms in total. The molecule has 2 aromatic heterocycles. The molecule has 1 aliphatic heterocycles. The predicted octanol–water partition coefficient (Wildman–Crippen LogP) is 2.29. The molecule has 2 aromatic rings. The predicted molar refractivity (Wildman–Crippen MR) is 75.1 cm³/mol. The summed E-state index contributed by atoms with van der Waals surface area (Å²) < 4.78 is 46.7. The van der Waals surface area contributed by atoms with Crippen LogP contribution in [0, 0.1) is 0 Å². The first kappa shape index (κ1) is 14.7. The second-order valence-electron chi connectivity index (χ2n) is 5.92. The molecule has 4 rings (SSSR count). The Morgan fingerprint density at radius 2 is 2.09 bits per heavy atom. The molecule has 2 fully saturated rings. The highest BCUT2D eigenvalue weighted by Crippen LogP contribution is 2.35. The van der Waals surface area contributed by atoms with Gasteiger partial charge in [0.25, 0.3) is 5.78 Å². The van der Waals surface area contributed by atoms with E-state index in [-0.39, 0.29) is 17.9 Å². The summed E-state index contributed by atoms with van der Waals surface area (Å²) >= 11 is 0. The monoisotopic (exact) mass is 327 g/mol. The molecule has 0 amide bonds. The van der Waals surface area contributed by atoms with Crippen LogP contribution in [0.15, 0.2) is 12.4 Å². The Labute approximate surface area is 130 Å². The van der Waals surface area contributed by atoms with Gasteiger partial charge in [0.15, 0.2) is 5.69 Å². The van der Waals surface area contributed by atoms with Crippen molar-refractivity contribution >= 4 is 11.6 Å². The first-order valence-corrected chi connectivity index (χ1v) is 7.70. The van der Waals surface area contributed by atoms with E-state index in [1.807, 2.05) is 4.90 Å². The highest BCUT2D eigenvalue weighted by molar-refractivity contribution is 5.49. The highest BCUT2D eigenvalue weighted by atomic mass is 19.4. The molecular weight excluding hydrogens is 311 g/mol.